The number of anilines is 2. The molecule has 3 fully saturated rings. The van der Waals surface area contributed by atoms with Gasteiger partial charge in [-0.05, 0) is 38.8 Å². The van der Waals surface area contributed by atoms with Gasteiger partial charge in [-0.15, -0.1) is 0 Å². The Labute approximate surface area is 206 Å². The lowest BCUT2D eigenvalue weighted by Crippen LogP contribution is -2.75. The highest BCUT2D eigenvalue weighted by atomic mass is 19.1. The number of hydrogen-bond donors (Lipinski definition) is 4. The molecule has 4 unspecified atom stereocenters. The van der Waals surface area contributed by atoms with Crippen molar-refractivity contribution in [3.05, 3.63) is 5.56 Å². The van der Waals surface area contributed by atoms with Gasteiger partial charge in [0.15, 0.2) is 5.82 Å². The number of likely N-dealkylation sites (tertiary alicyclic amines) is 1. The van der Waals surface area contributed by atoms with Crippen LogP contribution in [-0.4, -0.2) is 76.7 Å². The molecule has 4 heterocycles. The highest BCUT2D eigenvalue weighted by Gasteiger charge is 2.52. The standard InChI is InChI=1S/C25H41F2N7O/c26-17-14-29-23-19(22(28)32-34(23)16-17)24(35)31-21-20(33-12-8-5-9-13-33)18(27)15-30-25(21)10-6-3-1-2-4-7-11-25/h17-18,20-21,29-30H,1-16H2,(H2,28,32)(H,31,35). The van der Waals surface area contributed by atoms with Crippen LogP contribution in [0.25, 0.3) is 0 Å². The number of amides is 1. The number of piperidine rings is 2. The molecule has 35 heavy (non-hydrogen) atoms. The van der Waals surface area contributed by atoms with Crippen LogP contribution in [0.5, 0.6) is 0 Å². The highest BCUT2D eigenvalue weighted by molar-refractivity contribution is 6.03. The molecule has 2 saturated heterocycles. The van der Waals surface area contributed by atoms with Crippen molar-refractivity contribution < 1.29 is 13.6 Å². The van der Waals surface area contributed by atoms with Gasteiger partial charge < -0.3 is 21.7 Å². The first-order valence-electron chi connectivity index (χ1n) is 13.7. The molecule has 4 aliphatic rings. The van der Waals surface area contributed by atoms with Crippen LogP contribution >= 0.6 is 0 Å². The fourth-order valence-electron chi connectivity index (χ4n) is 6.84. The number of fused-ring (bicyclic) bond motifs is 1. The number of carbonyl (C=O) groups is 1. The Morgan fingerprint density at radius 3 is 2.37 bits per heavy atom. The average molecular weight is 494 g/mol. The molecule has 1 spiro atoms. The molecule has 0 radical (unpaired) electrons. The Hall–Kier alpha value is -1.94. The topological polar surface area (TPSA) is 100 Å². The van der Waals surface area contributed by atoms with Crippen molar-refractivity contribution in [2.75, 3.05) is 37.2 Å². The number of aromatic nitrogens is 2. The SMILES string of the molecule is Nc1nn2c(c1C(=O)NC1C(N3CCCCC3)C(F)CNC13CCCCCCCC3)NCC(F)C2. The number of nitrogens with one attached hydrogen (secondary N) is 3. The van der Waals surface area contributed by atoms with E-state index >= 15 is 4.39 Å². The van der Waals surface area contributed by atoms with E-state index in [2.05, 4.69) is 25.9 Å². The van der Waals surface area contributed by atoms with Crippen molar-refractivity contribution in [1.82, 2.24) is 25.3 Å². The number of halogens is 2. The highest BCUT2D eigenvalue weighted by Crippen LogP contribution is 2.37. The minimum Gasteiger partial charge on any atom is -0.381 e. The van der Waals surface area contributed by atoms with Crippen molar-refractivity contribution in [3.63, 3.8) is 0 Å². The van der Waals surface area contributed by atoms with Crippen molar-refractivity contribution in [2.24, 2.45) is 0 Å². The Morgan fingerprint density at radius 1 is 1.00 bits per heavy atom. The van der Waals surface area contributed by atoms with Gasteiger partial charge in [0, 0.05) is 18.6 Å². The number of carbonyl (C=O) groups excluding carboxylic acids is 1. The molecule has 196 valence electrons. The Balaban J connectivity index is 1.48. The van der Waals surface area contributed by atoms with Gasteiger partial charge in [0.1, 0.15) is 23.7 Å². The maximum atomic E-state index is 15.7. The largest absolute Gasteiger partial charge is 0.381 e. The smallest absolute Gasteiger partial charge is 0.259 e. The molecule has 0 aromatic carbocycles. The van der Waals surface area contributed by atoms with Crippen LogP contribution in [0, 0.1) is 0 Å². The molecule has 3 aliphatic heterocycles. The van der Waals surface area contributed by atoms with E-state index in [1.165, 1.54) is 23.9 Å². The summed E-state index contributed by atoms with van der Waals surface area (Å²) in [6, 6.07) is -0.764. The zero-order valence-electron chi connectivity index (χ0n) is 20.7. The summed E-state index contributed by atoms with van der Waals surface area (Å²) in [7, 11) is 0. The summed E-state index contributed by atoms with van der Waals surface area (Å²) in [6.45, 7) is 2.22. The van der Waals surface area contributed by atoms with E-state index in [0.29, 0.717) is 12.4 Å². The summed E-state index contributed by atoms with van der Waals surface area (Å²) in [4.78, 5) is 16.1. The third kappa shape index (κ3) is 5.01. The quantitative estimate of drug-likeness (QED) is 0.517. The molecule has 10 heteroatoms. The van der Waals surface area contributed by atoms with E-state index < -0.39 is 12.3 Å². The van der Waals surface area contributed by atoms with E-state index in [9.17, 15) is 9.18 Å². The molecular formula is C25H41F2N7O. The van der Waals surface area contributed by atoms with Gasteiger partial charge in [0.2, 0.25) is 0 Å². The van der Waals surface area contributed by atoms with Crippen molar-refractivity contribution in [1.29, 1.82) is 0 Å². The van der Waals surface area contributed by atoms with Gasteiger partial charge in [-0.3, -0.25) is 9.69 Å². The lowest BCUT2D eigenvalue weighted by molar-refractivity contribution is -0.00817. The second-order valence-electron chi connectivity index (χ2n) is 11.0. The van der Waals surface area contributed by atoms with Crippen molar-refractivity contribution in [2.45, 2.75) is 107 Å². The maximum Gasteiger partial charge on any atom is 0.259 e. The predicted molar refractivity (Wildman–Crippen MR) is 133 cm³/mol. The average Bonchev–Trinajstić information content (AvgIpc) is 3.23. The molecule has 8 nitrogen and oxygen atoms in total. The van der Waals surface area contributed by atoms with E-state index in [1.807, 2.05) is 0 Å². The van der Waals surface area contributed by atoms with Gasteiger partial charge in [-0.25, -0.2) is 13.5 Å². The van der Waals surface area contributed by atoms with Crippen LogP contribution in [0.3, 0.4) is 0 Å². The van der Waals surface area contributed by atoms with Crippen molar-refractivity contribution >= 4 is 17.5 Å². The number of nitrogens with two attached hydrogens (primary N) is 1. The van der Waals surface area contributed by atoms with Crippen molar-refractivity contribution in [3.8, 4) is 0 Å². The predicted octanol–water partition coefficient (Wildman–Crippen LogP) is 3.00. The van der Waals surface area contributed by atoms with E-state index in [0.717, 1.165) is 64.5 Å². The monoisotopic (exact) mass is 493 g/mol. The zero-order valence-corrected chi connectivity index (χ0v) is 20.7. The number of nitrogen functional groups attached to an aromatic ring is 1. The van der Waals surface area contributed by atoms with Gasteiger partial charge in [0.25, 0.3) is 5.91 Å². The Morgan fingerprint density at radius 2 is 1.66 bits per heavy atom. The van der Waals surface area contributed by atoms with Gasteiger partial charge >= 0.3 is 0 Å². The van der Waals surface area contributed by atoms with Crippen LogP contribution in [-0.2, 0) is 6.54 Å². The molecule has 1 aliphatic carbocycles. The summed E-state index contributed by atoms with van der Waals surface area (Å²) < 4.78 is 31.1. The second kappa shape index (κ2) is 10.6. The van der Waals surface area contributed by atoms with Crippen LogP contribution in [0.1, 0.15) is 81.0 Å². The number of nitrogens with zero attached hydrogens (tertiary/aromatic N) is 3. The molecule has 5 rings (SSSR count). The summed E-state index contributed by atoms with van der Waals surface area (Å²) in [5, 5.41) is 14.1. The number of alkyl halides is 2. The molecule has 4 atom stereocenters. The molecular weight excluding hydrogens is 452 g/mol. The Bertz CT molecular complexity index is 877. The molecule has 1 aromatic rings. The van der Waals surface area contributed by atoms with Crippen LogP contribution < -0.4 is 21.7 Å². The summed E-state index contributed by atoms with van der Waals surface area (Å²) >= 11 is 0. The summed E-state index contributed by atoms with van der Waals surface area (Å²) in [6.07, 6.45) is 9.87. The Kier molecular flexibility index (Phi) is 7.48. The molecule has 0 bridgehead atoms. The lowest BCUT2D eigenvalue weighted by atomic mass is 9.72. The molecule has 1 saturated carbocycles. The maximum absolute atomic E-state index is 15.7. The minimum absolute atomic E-state index is 0.0672. The minimum atomic E-state index is -1.09. The zero-order chi connectivity index (χ0) is 24.4. The molecule has 1 aromatic heterocycles. The summed E-state index contributed by atoms with van der Waals surface area (Å²) in [5.41, 5.74) is 6.05. The first-order chi connectivity index (χ1) is 17.0. The van der Waals surface area contributed by atoms with Gasteiger partial charge in [-0.2, -0.15) is 5.10 Å². The third-order valence-corrected chi connectivity index (χ3v) is 8.62. The van der Waals surface area contributed by atoms with Crippen LogP contribution in [0.2, 0.25) is 0 Å². The fraction of sp³-hybridized carbons (Fsp3) is 0.840. The normalized spacial score (nSPS) is 32.1. The lowest BCUT2D eigenvalue weighted by Gasteiger charge is -2.54. The van der Waals surface area contributed by atoms with Crippen LogP contribution in [0.4, 0.5) is 20.4 Å². The van der Waals surface area contributed by atoms with E-state index in [-0.39, 0.29) is 48.0 Å². The molecule has 5 N–H and O–H groups in total. The first-order valence-corrected chi connectivity index (χ1v) is 13.7. The third-order valence-electron chi connectivity index (χ3n) is 8.62. The van der Waals surface area contributed by atoms with Gasteiger partial charge in [0.05, 0.1) is 18.6 Å². The fourth-order valence-corrected chi connectivity index (χ4v) is 6.84. The van der Waals surface area contributed by atoms with Crippen LogP contribution in [0.15, 0.2) is 0 Å². The second-order valence-corrected chi connectivity index (χ2v) is 11.0. The van der Waals surface area contributed by atoms with Gasteiger partial charge in [-0.1, -0.05) is 44.9 Å². The van der Waals surface area contributed by atoms with E-state index in [1.54, 1.807) is 0 Å². The first kappa shape index (κ1) is 24.7. The number of rotatable bonds is 3. The molecule has 1 amide bonds. The van der Waals surface area contributed by atoms with E-state index in [4.69, 9.17) is 5.73 Å². The summed E-state index contributed by atoms with van der Waals surface area (Å²) in [5.74, 6) is 0.181. The number of hydrogen-bond acceptors (Lipinski definition) is 6.